The molecule has 4 heterocycles. The van der Waals surface area contributed by atoms with Crippen molar-refractivity contribution >= 4 is 17.1 Å². The van der Waals surface area contributed by atoms with E-state index >= 15 is 0 Å². The van der Waals surface area contributed by atoms with Gasteiger partial charge in [0, 0.05) is 41.5 Å². The number of carbonyl (C=O) groups excluding carboxylic acids is 1. The van der Waals surface area contributed by atoms with E-state index in [-0.39, 0.29) is 18.0 Å². The SMILES string of the molecule is CC(C)Nc1c(C(=O)N[C@H]2CC[C@H](c3nc[nH]n3)CC2)cnn2cc(-c3ccc(F)nc3)cc12. The van der Waals surface area contributed by atoms with Crippen LogP contribution in [0.1, 0.15) is 61.6 Å². The van der Waals surface area contributed by atoms with Gasteiger partial charge in [-0.1, -0.05) is 0 Å². The van der Waals surface area contributed by atoms with Crippen LogP contribution in [0.4, 0.5) is 10.1 Å². The number of pyridine rings is 1. The number of hydrogen-bond donors (Lipinski definition) is 3. The van der Waals surface area contributed by atoms with Gasteiger partial charge in [-0.15, -0.1) is 0 Å². The third-order valence-electron chi connectivity index (χ3n) is 6.24. The van der Waals surface area contributed by atoms with Crippen LogP contribution in [0, 0.1) is 5.95 Å². The van der Waals surface area contributed by atoms with Gasteiger partial charge in [-0.05, 0) is 57.7 Å². The van der Waals surface area contributed by atoms with Crippen LogP contribution in [0.25, 0.3) is 16.6 Å². The molecule has 1 saturated carbocycles. The minimum Gasteiger partial charge on any atom is -0.380 e. The van der Waals surface area contributed by atoms with Gasteiger partial charge in [0.1, 0.15) is 6.33 Å². The Morgan fingerprint density at radius 1 is 1.15 bits per heavy atom. The van der Waals surface area contributed by atoms with Crippen molar-refractivity contribution in [3.63, 3.8) is 0 Å². The van der Waals surface area contributed by atoms with Gasteiger partial charge in [-0.25, -0.2) is 14.5 Å². The predicted octanol–water partition coefficient (Wildman–Crippen LogP) is 3.93. The number of aromatic amines is 1. The van der Waals surface area contributed by atoms with Crippen molar-refractivity contribution in [3.8, 4) is 11.1 Å². The highest BCUT2D eigenvalue weighted by molar-refractivity contribution is 6.03. The van der Waals surface area contributed by atoms with E-state index in [1.165, 1.54) is 12.3 Å². The molecule has 0 bridgehead atoms. The molecule has 1 amide bonds. The van der Waals surface area contributed by atoms with Crippen LogP contribution in [0.5, 0.6) is 0 Å². The summed E-state index contributed by atoms with van der Waals surface area (Å²) in [7, 11) is 0. The average Bonchev–Trinajstić information content (AvgIpc) is 3.50. The first-order valence-corrected chi connectivity index (χ1v) is 11.5. The number of fused-ring (bicyclic) bond motifs is 1. The Morgan fingerprint density at radius 2 is 1.97 bits per heavy atom. The quantitative estimate of drug-likeness (QED) is 0.374. The molecular weight excluding hydrogens is 435 g/mol. The number of nitrogens with one attached hydrogen (secondary N) is 3. The van der Waals surface area contributed by atoms with E-state index in [2.05, 4.69) is 35.9 Å². The van der Waals surface area contributed by atoms with Gasteiger partial charge in [0.15, 0.2) is 5.82 Å². The van der Waals surface area contributed by atoms with Crippen LogP contribution in [0.15, 0.2) is 43.1 Å². The van der Waals surface area contributed by atoms with Gasteiger partial charge in [-0.3, -0.25) is 9.89 Å². The highest BCUT2D eigenvalue weighted by atomic mass is 19.1. The fourth-order valence-corrected chi connectivity index (χ4v) is 4.55. The standard InChI is InChI=1S/C24H27FN8O/c1-14(2)30-22-19(24(34)31-18-6-3-15(4-7-18)23-27-13-28-32-23)11-29-33-12-17(9-20(22)33)16-5-8-21(25)26-10-16/h5,8-15,18,30H,3-4,6-7H2,1-2H3,(H,31,34)(H,27,28,32)/t15-,18-. The van der Waals surface area contributed by atoms with Gasteiger partial charge >= 0.3 is 0 Å². The van der Waals surface area contributed by atoms with Crippen LogP contribution in [0.2, 0.25) is 0 Å². The second-order valence-electron chi connectivity index (χ2n) is 9.04. The summed E-state index contributed by atoms with van der Waals surface area (Å²) in [5, 5.41) is 18.1. The number of rotatable bonds is 6. The Hall–Kier alpha value is -3.82. The summed E-state index contributed by atoms with van der Waals surface area (Å²) >= 11 is 0. The molecular formula is C24H27FN8O. The maximum atomic E-state index is 13.3. The van der Waals surface area contributed by atoms with Crippen molar-refractivity contribution in [3.05, 3.63) is 60.5 Å². The zero-order valence-corrected chi connectivity index (χ0v) is 19.1. The molecule has 34 heavy (non-hydrogen) atoms. The summed E-state index contributed by atoms with van der Waals surface area (Å²) in [6.07, 6.45) is 10.2. The molecule has 9 nitrogen and oxygen atoms in total. The molecule has 0 saturated heterocycles. The van der Waals surface area contributed by atoms with Gasteiger partial charge < -0.3 is 10.6 Å². The monoisotopic (exact) mass is 462 g/mol. The third-order valence-corrected chi connectivity index (χ3v) is 6.24. The highest BCUT2D eigenvalue weighted by Gasteiger charge is 2.27. The smallest absolute Gasteiger partial charge is 0.255 e. The highest BCUT2D eigenvalue weighted by Crippen LogP contribution is 2.32. The van der Waals surface area contributed by atoms with E-state index in [0.29, 0.717) is 11.5 Å². The molecule has 1 aliphatic carbocycles. The summed E-state index contributed by atoms with van der Waals surface area (Å²) < 4.78 is 15.0. The Balaban J connectivity index is 1.38. The molecule has 0 unspecified atom stereocenters. The lowest BCUT2D eigenvalue weighted by Crippen LogP contribution is -2.38. The van der Waals surface area contributed by atoms with Crippen molar-refractivity contribution in [1.29, 1.82) is 0 Å². The normalized spacial score (nSPS) is 18.4. The molecule has 0 aliphatic heterocycles. The predicted molar refractivity (Wildman–Crippen MR) is 126 cm³/mol. The van der Waals surface area contributed by atoms with Gasteiger partial charge in [-0.2, -0.15) is 14.6 Å². The van der Waals surface area contributed by atoms with Crippen LogP contribution in [-0.2, 0) is 0 Å². The topological polar surface area (TPSA) is 113 Å². The average molecular weight is 463 g/mol. The van der Waals surface area contributed by atoms with Gasteiger partial charge in [0.25, 0.3) is 5.91 Å². The molecule has 1 aliphatic rings. The molecule has 0 aromatic carbocycles. The number of hydrogen-bond acceptors (Lipinski definition) is 6. The van der Waals surface area contributed by atoms with E-state index in [0.717, 1.165) is 53.8 Å². The molecule has 3 N–H and O–H groups in total. The summed E-state index contributed by atoms with van der Waals surface area (Å²) in [5.41, 5.74) is 3.61. The Morgan fingerprint density at radius 3 is 2.65 bits per heavy atom. The number of amides is 1. The first-order chi connectivity index (χ1) is 16.5. The summed E-state index contributed by atoms with van der Waals surface area (Å²) in [5.74, 6) is 0.506. The summed E-state index contributed by atoms with van der Waals surface area (Å²) in [4.78, 5) is 21.3. The van der Waals surface area contributed by atoms with Crippen LogP contribution >= 0.6 is 0 Å². The molecule has 4 aromatic heterocycles. The van der Waals surface area contributed by atoms with Crippen LogP contribution < -0.4 is 10.6 Å². The second kappa shape index (κ2) is 9.20. The van der Waals surface area contributed by atoms with E-state index in [1.54, 1.807) is 23.1 Å². The molecule has 0 radical (unpaired) electrons. The van der Waals surface area contributed by atoms with E-state index in [1.807, 2.05) is 26.1 Å². The number of H-pyrrole nitrogens is 1. The van der Waals surface area contributed by atoms with Crippen molar-refractivity contribution in [2.45, 2.75) is 57.5 Å². The van der Waals surface area contributed by atoms with Crippen molar-refractivity contribution in [2.75, 3.05) is 5.32 Å². The zero-order valence-electron chi connectivity index (χ0n) is 19.1. The van der Waals surface area contributed by atoms with E-state index in [9.17, 15) is 9.18 Å². The maximum Gasteiger partial charge on any atom is 0.255 e. The first kappa shape index (κ1) is 22.0. The molecule has 176 valence electrons. The molecule has 4 aromatic rings. The Labute approximate surface area is 196 Å². The van der Waals surface area contributed by atoms with E-state index in [4.69, 9.17) is 0 Å². The van der Waals surface area contributed by atoms with Crippen LogP contribution in [0.3, 0.4) is 0 Å². The van der Waals surface area contributed by atoms with Crippen molar-refractivity contribution < 1.29 is 9.18 Å². The summed E-state index contributed by atoms with van der Waals surface area (Å²) in [6, 6.07) is 5.15. The number of halogens is 1. The minimum absolute atomic E-state index is 0.0958. The summed E-state index contributed by atoms with van der Waals surface area (Å²) in [6.45, 7) is 4.05. The molecule has 10 heteroatoms. The second-order valence-corrected chi connectivity index (χ2v) is 9.04. The fraction of sp³-hybridized carbons (Fsp3) is 0.375. The van der Waals surface area contributed by atoms with Gasteiger partial charge in [0.05, 0.1) is 23.0 Å². The molecule has 0 atom stereocenters. The zero-order chi connectivity index (χ0) is 23.7. The van der Waals surface area contributed by atoms with E-state index < -0.39 is 5.95 Å². The lowest BCUT2D eigenvalue weighted by Gasteiger charge is -2.28. The first-order valence-electron chi connectivity index (χ1n) is 11.5. The Bertz CT molecular complexity index is 1270. The van der Waals surface area contributed by atoms with Gasteiger partial charge in [0.2, 0.25) is 5.95 Å². The maximum absolute atomic E-state index is 13.3. The minimum atomic E-state index is -0.526. The molecule has 1 fully saturated rings. The van der Waals surface area contributed by atoms with Crippen LogP contribution in [-0.4, -0.2) is 47.8 Å². The lowest BCUT2D eigenvalue weighted by atomic mass is 9.85. The largest absolute Gasteiger partial charge is 0.380 e. The number of carbonyl (C=O) groups is 1. The number of nitrogens with zero attached hydrogens (tertiary/aromatic N) is 5. The number of aromatic nitrogens is 6. The fourth-order valence-electron chi connectivity index (χ4n) is 4.55. The Kier molecular flexibility index (Phi) is 5.95. The molecule has 5 rings (SSSR count). The third kappa shape index (κ3) is 4.48. The van der Waals surface area contributed by atoms with Crippen molar-refractivity contribution in [1.82, 2.24) is 35.1 Å². The molecule has 0 spiro atoms. The number of anilines is 1. The van der Waals surface area contributed by atoms with Crippen molar-refractivity contribution in [2.24, 2.45) is 0 Å². The lowest BCUT2D eigenvalue weighted by molar-refractivity contribution is 0.0926.